The van der Waals surface area contributed by atoms with E-state index in [1.54, 1.807) is 6.92 Å². The lowest BCUT2D eigenvalue weighted by Gasteiger charge is -2.06. The first-order valence-corrected chi connectivity index (χ1v) is 6.38. The third kappa shape index (κ3) is 3.09. The number of esters is 1. The van der Waals surface area contributed by atoms with E-state index >= 15 is 0 Å². The number of pyridine rings is 1. The summed E-state index contributed by atoms with van der Waals surface area (Å²) in [6.45, 7) is 1.87. The summed E-state index contributed by atoms with van der Waals surface area (Å²) in [6.07, 6.45) is -3.85. The summed E-state index contributed by atoms with van der Waals surface area (Å²) in [6, 6.07) is 0.915. The van der Waals surface area contributed by atoms with Crippen LogP contribution in [0, 0.1) is 0 Å². The summed E-state index contributed by atoms with van der Waals surface area (Å²) in [7, 11) is 0. The van der Waals surface area contributed by atoms with Gasteiger partial charge in [-0.2, -0.15) is 18.3 Å². The fourth-order valence-electron chi connectivity index (χ4n) is 1.56. The second-order valence-corrected chi connectivity index (χ2v) is 4.71. The van der Waals surface area contributed by atoms with Gasteiger partial charge in [0.25, 0.3) is 0 Å². The van der Waals surface area contributed by atoms with Crippen LogP contribution in [0.5, 0.6) is 0 Å². The molecule has 0 amide bonds. The molecular weight excluding hydrogens is 343 g/mol. The molecule has 0 unspecified atom stereocenters. The minimum atomic E-state index is -4.48. The largest absolute Gasteiger partial charge is 0.466 e. The zero-order chi connectivity index (χ0) is 14.9. The summed E-state index contributed by atoms with van der Waals surface area (Å²) >= 11 is 3.01. The molecule has 2 rings (SSSR count). The van der Waals surface area contributed by atoms with Crippen molar-refractivity contribution in [2.24, 2.45) is 0 Å². The summed E-state index contributed by atoms with van der Waals surface area (Å²) in [5, 5.41) is 3.84. The van der Waals surface area contributed by atoms with E-state index in [4.69, 9.17) is 4.74 Å². The molecule has 0 saturated carbocycles. The van der Waals surface area contributed by atoms with E-state index in [2.05, 4.69) is 26.0 Å². The molecule has 0 N–H and O–H groups in total. The smallest absolute Gasteiger partial charge is 0.417 e. The first kappa shape index (κ1) is 14.8. The molecular formula is C11H9BrF3N3O2. The lowest BCUT2D eigenvalue weighted by Crippen LogP contribution is -2.09. The molecule has 0 radical (unpaired) electrons. The lowest BCUT2D eigenvalue weighted by atomic mass is 10.3. The number of carbonyl (C=O) groups is 1. The highest BCUT2D eigenvalue weighted by molar-refractivity contribution is 9.10. The van der Waals surface area contributed by atoms with Crippen molar-refractivity contribution in [1.29, 1.82) is 0 Å². The molecule has 2 heterocycles. The molecule has 0 aliphatic rings. The standard InChI is InChI=1S/C11H9BrF3N3O2/c1-2-20-9(19)4-8-16-10-7(12)3-6(11(13,14)15)5-18(10)17-8/h3,5H,2,4H2,1H3. The van der Waals surface area contributed by atoms with E-state index in [-0.39, 0.29) is 29.0 Å². The molecule has 0 spiro atoms. The predicted octanol–water partition coefficient (Wildman–Crippen LogP) is 2.62. The topological polar surface area (TPSA) is 56.5 Å². The Kier molecular flexibility index (Phi) is 3.98. The number of ether oxygens (including phenoxy) is 1. The fraction of sp³-hybridized carbons (Fsp3) is 0.364. The Morgan fingerprint density at radius 3 is 2.80 bits per heavy atom. The van der Waals surface area contributed by atoms with Crippen LogP contribution < -0.4 is 0 Å². The van der Waals surface area contributed by atoms with Gasteiger partial charge in [-0.3, -0.25) is 4.79 Å². The molecule has 108 valence electrons. The van der Waals surface area contributed by atoms with Crippen molar-refractivity contribution in [3.8, 4) is 0 Å². The van der Waals surface area contributed by atoms with Crippen LogP contribution in [0.2, 0.25) is 0 Å². The minimum absolute atomic E-state index is 0.100. The van der Waals surface area contributed by atoms with Crippen molar-refractivity contribution in [1.82, 2.24) is 14.6 Å². The molecule has 9 heteroatoms. The Labute approximate surface area is 119 Å². The maximum absolute atomic E-state index is 12.7. The number of fused-ring (bicyclic) bond motifs is 1. The zero-order valence-corrected chi connectivity index (χ0v) is 11.8. The molecule has 2 aromatic rings. The van der Waals surface area contributed by atoms with Crippen molar-refractivity contribution in [2.75, 3.05) is 6.61 Å². The number of nitrogens with zero attached hydrogens (tertiary/aromatic N) is 3. The Hall–Kier alpha value is -1.64. The van der Waals surface area contributed by atoms with Gasteiger partial charge < -0.3 is 4.74 Å². The molecule has 0 atom stereocenters. The third-order valence-corrected chi connectivity index (χ3v) is 2.95. The van der Waals surface area contributed by atoms with Crippen LogP contribution in [-0.2, 0) is 22.1 Å². The van der Waals surface area contributed by atoms with Crippen molar-refractivity contribution < 1.29 is 22.7 Å². The van der Waals surface area contributed by atoms with Crippen molar-refractivity contribution in [2.45, 2.75) is 19.5 Å². The summed E-state index contributed by atoms with van der Waals surface area (Å²) in [5.74, 6) is -0.431. The highest BCUT2D eigenvalue weighted by atomic mass is 79.9. The Morgan fingerprint density at radius 2 is 2.20 bits per heavy atom. The summed E-state index contributed by atoms with van der Waals surface area (Å²) < 4.78 is 43.8. The van der Waals surface area contributed by atoms with Crippen LogP contribution >= 0.6 is 15.9 Å². The van der Waals surface area contributed by atoms with Crippen molar-refractivity contribution in [3.63, 3.8) is 0 Å². The van der Waals surface area contributed by atoms with Crippen LogP contribution in [0.4, 0.5) is 13.2 Å². The van der Waals surface area contributed by atoms with Gasteiger partial charge in [-0.15, -0.1) is 0 Å². The van der Waals surface area contributed by atoms with Gasteiger partial charge in [0.1, 0.15) is 6.42 Å². The Morgan fingerprint density at radius 1 is 1.50 bits per heavy atom. The van der Waals surface area contributed by atoms with E-state index in [0.29, 0.717) is 0 Å². The lowest BCUT2D eigenvalue weighted by molar-refractivity contribution is -0.142. The highest BCUT2D eigenvalue weighted by Crippen LogP contribution is 2.31. The van der Waals surface area contributed by atoms with E-state index < -0.39 is 17.7 Å². The number of rotatable bonds is 3. The number of carbonyl (C=O) groups excluding carboxylic acids is 1. The van der Waals surface area contributed by atoms with Crippen LogP contribution in [0.1, 0.15) is 18.3 Å². The quantitative estimate of drug-likeness (QED) is 0.797. The van der Waals surface area contributed by atoms with Crippen LogP contribution in [-0.4, -0.2) is 27.2 Å². The first-order chi connectivity index (χ1) is 9.31. The number of hydrogen-bond donors (Lipinski definition) is 0. The molecule has 0 aliphatic heterocycles. The van der Waals surface area contributed by atoms with Crippen LogP contribution in [0.25, 0.3) is 5.65 Å². The zero-order valence-electron chi connectivity index (χ0n) is 10.2. The Balaban J connectivity index is 2.39. The van der Waals surface area contributed by atoms with E-state index in [9.17, 15) is 18.0 Å². The molecule has 0 saturated heterocycles. The average molecular weight is 352 g/mol. The van der Waals surface area contributed by atoms with E-state index in [1.807, 2.05) is 0 Å². The molecule has 0 aromatic carbocycles. The maximum Gasteiger partial charge on any atom is 0.417 e. The average Bonchev–Trinajstić information content (AvgIpc) is 2.71. The fourth-order valence-corrected chi connectivity index (χ4v) is 2.08. The third-order valence-electron chi connectivity index (χ3n) is 2.37. The molecule has 20 heavy (non-hydrogen) atoms. The molecule has 0 aliphatic carbocycles. The highest BCUT2D eigenvalue weighted by Gasteiger charge is 2.32. The second-order valence-electron chi connectivity index (χ2n) is 3.85. The molecule has 5 nitrogen and oxygen atoms in total. The van der Waals surface area contributed by atoms with Gasteiger partial charge in [0.2, 0.25) is 0 Å². The van der Waals surface area contributed by atoms with Gasteiger partial charge in [-0.05, 0) is 28.9 Å². The number of hydrogen-bond acceptors (Lipinski definition) is 4. The number of aromatic nitrogens is 3. The first-order valence-electron chi connectivity index (χ1n) is 5.59. The van der Waals surface area contributed by atoms with Gasteiger partial charge in [-0.25, -0.2) is 9.50 Å². The molecule has 2 aromatic heterocycles. The predicted molar refractivity (Wildman–Crippen MR) is 66.0 cm³/mol. The minimum Gasteiger partial charge on any atom is -0.466 e. The van der Waals surface area contributed by atoms with Gasteiger partial charge >= 0.3 is 12.1 Å². The van der Waals surface area contributed by atoms with Crippen molar-refractivity contribution >= 4 is 27.5 Å². The molecule has 0 bridgehead atoms. The van der Waals surface area contributed by atoms with E-state index in [1.165, 1.54) is 0 Å². The normalized spacial score (nSPS) is 11.8. The second kappa shape index (κ2) is 5.39. The van der Waals surface area contributed by atoms with Crippen molar-refractivity contribution in [3.05, 3.63) is 28.1 Å². The Bertz CT molecular complexity index is 654. The van der Waals surface area contributed by atoms with Gasteiger partial charge in [-0.1, -0.05) is 0 Å². The van der Waals surface area contributed by atoms with Gasteiger partial charge in [0, 0.05) is 6.20 Å². The van der Waals surface area contributed by atoms with E-state index in [0.717, 1.165) is 16.8 Å². The number of halogens is 4. The van der Waals surface area contributed by atoms with Crippen LogP contribution in [0.15, 0.2) is 16.7 Å². The van der Waals surface area contributed by atoms with Gasteiger partial charge in [0.05, 0.1) is 16.6 Å². The van der Waals surface area contributed by atoms with Gasteiger partial charge in [0.15, 0.2) is 11.5 Å². The summed E-state index contributed by atoms with van der Waals surface area (Å²) in [4.78, 5) is 15.3. The SMILES string of the molecule is CCOC(=O)Cc1nc2c(Br)cc(C(F)(F)F)cn2n1. The maximum atomic E-state index is 12.7. The number of alkyl halides is 3. The monoisotopic (exact) mass is 351 g/mol. The van der Waals surface area contributed by atoms with Crippen LogP contribution in [0.3, 0.4) is 0 Å². The molecule has 0 fully saturated rings. The summed E-state index contributed by atoms with van der Waals surface area (Å²) in [5.41, 5.74) is -0.651.